The van der Waals surface area contributed by atoms with E-state index in [9.17, 15) is 0 Å². The first-order valence-corrected chi connectivity index (χ1v) is 3.27. The van der Waals surface area contributed by atoms with Crippen LogP contribution in [0.25, 0.3) is 0 Å². The van der Waals surface area contributed by atoms with Gasteiger partial charge >= 0.3 is 0 Å². The molecule has 0 nitrogen and oxygen atoms in total. The van der Waals surface area contributed by atoms with Gasteiger partial charge in [-0.05, 0) is 0 Å². The number of hydrogen-bond acceptors (Lipinski definition) is 0. The van der Waals surface area contributed by atoms with Crippen LogP contribution in [0.1, 0.15) is 33.6 Å². The van der Waals surface area contributed by atoms with Crippen molar-refractivity contribution in [2.45, 2.75) is 33.6 Å². The first kappa shape index (κ1) is 16.6. The second-order valence-corrected chi connectivity index (χ2v) is 2.18. The summed E-state index contributed by atoms with van der Waals surface area (Å²) in [6.07, 6.45) is 2.06. The smallest absolute Gasteiger partial charge is 0 e. The monoisotopic (exact) mass is 203 g/mol. The molecule has 0 spiro atoms. The Morgan fingerprint density at radius 1 is 1.22 bits per heavy atom. The summed E-state index contributed by atoms with van der Waals surface area (Å²) in [4.78, 5) is 0. The van der Waals surface area contributed by atoms with Gasteiger partial charge in [0.2, 0.25) is 0 Å². The van der Waals surface area contributed by atoms with Crippen LogP contribution in [0.3, 0.4) is 0 Å². The molecule has 0 atom stereocenters. The molecular weight excluding hydrogens is 185 g/mol. The molecule has 0 aromatic rings. The zero-order valence-electron chi connectivity index (χ0n) is 6.98. The third-order valence-electron chi connectivity index (χ3n) is 0.577. The molecule has 1 radical (unpaired) electrons. The van der Waals surface area contributed by atoms with Gasteiger partial charge in [0, 0.05) is 32.7 Å². The van der Waals surface area contributed by atoms with E-state index < -0.39 is 0 Å². The maximum Gasteiger partial charge on any atom is 0 e. The van der Waals surface area contributed by atoms with Crippen LogP contribution in [0.15, 0.2) is 0 Å². The van der Waals surface area contributed by atoms with E-state index in [1.807, 2.05) is 6.92 Å². The predicted molar refractivity (Wildman–Crippen MR) is 40.5 cm³/mol. The van der Waals surface area contributed by atoms with E-state index in [0.717, 1.165) is 18.8 Å². The molecule has 1 heteroatoms. The molecule has 0 heterocycles. The van der Waals surface area contributed by atoms with Gasteiger partial charge in [0.1, 0.15) is 0 Å². The van der Waals surface area contributed by atoms with Gasteiger partial charge in [-0.3, -0.25) is 0 Å². The second kappa shape index (κ2) is 16.0. The van der Waals surface area contributed by atoms with Crippen LogP contribution >= 0.6 is 0 Å². The van der Waals surface area contributed by atoms with Crippen molar-refractivity contribution in [1.82, 2.24) is 0 Å². The Hall–Kier alpha value is 1.10. The maximum atomic E-state index is 3.69. The molecule has 0 amide bonds. The standard InChI is InChI=1S/C5H11.C3H7.Y/c1-4-5(2)3;1-3-2;/h5H,1,4H2,2-3H3;1,3H2,2H3;/q2*-1;. The topological polar surface area (TPSA) is 0 Å². The molecule has 0 saturated carbocycles. The Morgan fingerprint density at radius 2 is 1.33 bits per heavy atom. The van der Waals surface area contributed by atoms with Crippen molar-refractivity contribution >= 4 is 0 Å². The Kier molecular flexibility index (Phi) is 29.6. The van der Waals surface area contributed by atoms with E-state index in [0.29, 0.717) is 0 Å². The molecule has 9 heavy (non-hydrogen) atoms. The summed E-state index contributed by atoms with van der Waals surface area (Å²) in [5, 5.41) is 0. The van der Waals surface area contributed by atoms with E-state index in [2.05, 4.69) is 27.7 Å². The summed E-state index contributed by atoms with van der Waals surface area (Å²) in [6, 6.07) is 0. The summed E-state index contributed by atoms with van der Waals surface area (Å²) >= 11 is 0. The minimum atomic E-state index is 0. The quantitative estimate of drug-likeness (QED) is 0.574. The summed E-state index contributed by atoms with van der Waals surface area (Å²) < 4.78 is 0. The Balaban J connectivity index is -0.0000000800. The Bertz CT molecular complexity index is 25.7. The SMILES string of the molecule is [CH2-]CC.[CH2-]CC(C)C.[Y]. The van der Waals surface area contributed by atoms with Crippen molar-refractivity contribution in [1.29, 1.82) is 0 Å². The maximum absolute atomic E-state index is 3.69. The van der Waals surface area contributed by atoms with Gasteiger partial charge in [0.05, 0.1) is 0 Å². The molecule has 55 valence electrons. The van der Waals surface area contributed by atoms with Crippen LogP contribution < -0.4 is 0 Å². The minimum Gasteiger partial charge on any atom is -0.344 e. The molecule has 0 aromatic heterocycles. The molecule has 0 aliphatic rings. The molecule has 0 aliphatic heterocycles. The molecule has 0 bridgehead atoms. The van der Waals surface area contributed by atoms with Crippen molar-refractivity contribution in [2.24, 2.45) is 5.92 Å². The number of hydrogen-bond donors (Lipinski definition) is 0. The summed E-state index contributed by atoms with van der Waals surface area (Å²) in [5.41, 5.74) is 0. The summed E-state index contributed by atoms with van der Waals surface area (Å²) in [5.74, 6) is 0.773. The second-order valence-electron chi connectivity index (χ2n) is 2.18. The molecule has 0 rings (SSSR count). The fourth-order valence-electron chi connectivity index (χ4n) is 0. The largest absolute Gasteiger partial charge is 0.344 e. The first-order valence-electron chi connectivity index (χ1n) is 3.27. The normalized spacial score (nSPS) is 7.33. The van der Waals surface area contributed by atoms with E-state index >= 15 is 0 Å². The van der Waals surface area contributed by atoms with Gasteiger partial charge in [0.25, 0.3) is 0 Å². The van der Waals surface area contributed by atoms with E-state index in [-0.39, 0.29) is 32.7 Å². The third-order valence-corrected chi connectivity index (χ3v) is 0.577. The van der Waals surface area contributed by atoms with Gasteiger partial charge in [-0.15, -0.1) is 0 Å². The third kappa shape index (κ3) is 47.7. The predicted octanol–water partition coefficient (Wildman–Crippen LogP) is 3.09. The Labute approximate surface area is 85.7 Å². The van der Waals surface area contributed by atoms with Gasteiger partial charge in [0.15, 0.2) is 0 Å². The van der Waals surface area contributed by atoms with E-state index in [1.54, 1.807) is 0 Å². The number of rotatable bonds is 1. The van der Waals surface area contributed by atoms with Crippen LogP contribution in [0, 0.1) is 19.8 Å². The van der Waals surface area contributed by atoms with Gasteiger partial charge in [-0.25, -0.2) is 0 Å². The van der Waals surface area contributed by atoms with Gasteiger partial charge in [-0.2, -0.15) is 12.8 Å². The van der Waals surface area contributed by atoms with Crippen molar-refractivity contribution < 1.29 is 32.7 Å². The molecule has 0 N–H and O–H groups in total. The molecule has 0 fully saturated rings. The van der Waals surface area contributed by atoms with Crippen molar-refractivity contribution in [3.05, 3.63) is 13.8 Å². The minimum absolute atomic E-state index is 0. The van der Waals surface area contributed by atoms with Crippen molar-refractivity contribution in [3.8, 4) is 0 Å². The van der Waals surface area contributed by atoms with Crippen LogP contribution in [0.4, 0.5) is 0 Å². The van der Waals surface area contributed by atoms with Crippen LogP contribution in [0.5, 0.6) is 0 Å². The van der Waals surface area contributed by atoms with Gasteiger partial charge in [-0.1, -0.05) is 26.7 Å². The summed E-state index contributed by atoms with van der Waals surface area (Å²) in [6.45, 7) is 13.5. The fraction of sp³-hybridized carbons (Fsp3) is 0.750. The molecule has 0 aromatic carbocycles. The molecule has 0 saturated heterocycles. The summed E-state index contributed by atoms with van der Waals surface area (Å²) in [7, 11) is 0. The van der Waals surface area contributed by atoms with E-state index in [1.165, 1.54) is 0 Å². The molecular formula is C8H18Y-2. The zero-order valence-corrected chi connectivity index (χ0v) is 9.82. The Morgan fingerprint density at radius 3 is 1.33 bits per heavy atom. The van der Waals surface area contributed by atoms with Crippen LogP contribution in [0.2, 0.25) is 0 Å². The van der Waals surface area contributed by atoms with Crippen molar-refractivity contribution in [2.75, 3.05) is 0 Å². The van der Waals surface area contributed by atoms with Crippen LogP contribution in [-0.2, 0) is 32.7 Å². The average Bonchev–Trinajstić information content (AvgIpc) is 1.69. The zero-order chi connectivity index (χ0) is 6.99. The fourth-order valence-corrected chi connectivity index (χ4v) is 0. The van der Waals surface area contributed by atoms with E-state index in [4.69, 9.17) is 0 Å². The molecule has 0 unspecified atom stereocenters. The van der Waals surface area contributed by atoms with Gasteiger partial charge < -0.3 is 13.8 Å². The average molecular weight is 203 g/mol. The molecule has 0 aliphatic carbocycles. The first-order chi connectivity index (χ1) is 3.68. The van der Waals surface area contributed by atoms with Crippen LogP contribution in [-0.4, -0.2) is 0 Å². The van der Waals surface area contributed by atoms with Crippen molar-refractivity contribution in [3.63, 3.8) is 0 Å².